The van der Waals surface area contributed by atoms with E-state index in [-0.39, 0.29) is 10.8 Å². The zero-order valence-electron chi connectivity index (χ0n) is 9.38. The Morgan fingerprint density at radius 1 is 1.61 bits per heavy atom. The zero-order valence-corrected chi connectivity index (χ0v) is 10.2. The van der Waals surface area contributed by atoms with E-state index in [1.807, 2.05) is 6.07 Å². The topological polar surface area (TPSA) is 83.2 Å². The van der Waals surface area contributed by atoms with Crippen LogP contribution in [0.5, 0.6) is 11.6 Å². The highest BCUT2D eigenvalue weighted by Gasteiger charge is 2.12. The number of nitrogens with zero attached hydrogens (tertiary/aromatic N) is 2. The van der Waals surface area contributed by atoms with Crippen molar-refractivity contribution in [1.29, 1.82) is 5.26 Å². The van der Waals surface area contributed by atoms with E-state index >= 15 is 0 Å². The van der Waals surface area contributed by atoms with Crippen LogP contribution in [-0.4, -0.2) is 16.1 Å². The van der Waals surface area contributed by atoms with Crippen LogP contribution in [0.2, 0.25) is 0 Å². The number of carbonyl (C=O) groups is 1. The van der Waals surface area contributed by atoms with Crippen molar-refractivity contribution in [1.82, 2.24) is 4.98 Å². The highest BCUT2D eigenvalue weighted by Crippen LogP contribution is 2.28. The van der Waals surface area contributed by atoms with E-state index in [1.165, 1.54) is 12.3 Å². The second kappa shape index (κ2) is 4.85. The van der Waals surface area contributed by atoms with E-state index in [0.717, 1.165) is 16.9 Å². The molecule has 18 heavy (non-hydrogen) atoms. The van der Waals surface area contributed by atoms with Gasteiger partial charge in [0.15, 0.2) is 0 Å². The Balaban J connectivity index is 2.31. The first-order valence-electron chi connectivity index (χ1n) is 4.97. The number of aromatic nitrogens is 1. The lowest BCUT2D eigenvalue weighted by Crippen LogP contribution is -1.94. The second-order valence-corrected chi connectivity index (χ2v) is 4.38. The van der Waals surface area contributed by atoms with Gasteiger partial charge in [0.1, 0.15) is 22.3 Å². The third-order valence-corrected chi connectivity index (χ3v) is 3.13. The fourth-order valence-electron chi connectivity index (χ4n) is 1.34. The van der Waals surface area contributed by atoms with Gasteiger partial charge in [-0.25, -0.2) is 9.78 Å². The van der Waals surface area contributed by atoms with E-state index in [4.69, 9.17) is 15.1 Å². The molecule has 0 aliphatic heterocycles. The Morgan fingerprint density at radius 2 is 2.39 bits per heavy atom. The maximum Gasteiger partial charge on any atom is 0.346 e. The summed E-state index contributed by atoms with van der Waals surface area (Å²) >= 11 is 1.06. The molecule has 0 aliphatic carbocycles. The van der Waals surface area contributed by atoms with Crippen LogP contribution in [0.4, 0.5) is 0 Å². The number of hydrogen-bond donors (Lipinski definition) is 1. The Kier molecular flexibility index (Phi) is 3.26. The van der Waals surface area contributed by atoms with Crippen molar-refractivity contribution >= 4 is 17.3 Å². The van der Waals surface area contributed by atoms with Crippen LogP contribution in [0.15, 0.2) is 23.7 Å². The van der Waals surface area contributed by atoms with E-state index in [1.54, 1.807) is 18.4 Å². The van der Waals surface area contributed by atoms with E-state index in [2.05, 4.69) is 4.98 Å². The van der Waals surface area contributed by atoms with Crippen molar-refractivity contribution in [2.75, 3.05) is 0 Å². The molecular formula is C12H8N2O3S. The minimum absolute atomic E-state index is 0.177. The maximum atomic E-state index is 10.7. The summed E-state index contributed by atoms with van der Waals surface area (Å²) < 4.78 is 5.43. The number of pyridine rings is 1. The molecule has 0 aliphatic rings. The van der Waals surface area contributed by atoms with Gasteiger partial charge in [-0.2, -0.15) is 5.26 Å². The van der Waals surface area contributed by atoms with Crippen molar-refractivity contribution in [3.05, 3.63) is 39.7 Å². The predicted octanol–water partition coefficient (Wildman–Crippen LogP) is 2.81. The molecule has 0 spiro atoms. The summed E-state index contributed by atoms with van der Waals surface area (Å²) in [6, 6.07) is 5.12. The lowest BCUT2D eigenvalue weighted by Gasteiger charge is -2.05. The zero-order chi connectivity index (χ0) is 13.1. The number of ether oxygens (including phenoxy) is 1. The molecule has 0 amide bonds. The van der Waals surface area contributed by atoms with Crippen molar-refractivity contribution in [2.45, 2.75) is 6.92 Å². The molecule has 0 bridgehead atoms. The fraction of sp³-hybridized carbons (Fsp3) is 0.0833. The number of rotatable bonds is 3. The van der Waals surface area contributed by atoms with Gasteiger partial charge >= 0.3 is 5.97 Å². The standard InChI is InChI=1S/C12H8N2O3S/c1-7-2-3-14-11(9(7)5-13)17-8-4-10(12(15)16)18-6-8/h2-4,6H,1H3,(H,15,16). The van der Waals surface area contributed by atoms with E-state index < -0.39 is 5.97 Å². The normalized spacial score (nSPS) is 9.78. The van der Waals surface area contributed by atoms with Crippen molar-refractivity contribution in [3.63, 3.8) is 0 Å². The minimum atomic E-state index is -1.01. The summed E-state index contributed by atoms with van der Waals surface area (Å²) in [5.74, 6) is -0.452. The second-order valence-electron chi connectivity index (χ2n) is 3.47. The summed E-state index contributed by atoms with van der Waals surface area (Å²) in [5, 5.41) is 19.4. The molecular weight excluding hydrogens is 252 g/mol. The Morgan fingerprint density at radius 3 is 3.00 bits per heavy atom. The van der Waals surface area contributed by atoms with Gasteiger partial charge < -0.3 is 9.84 Å². The molecule has 90 valence electrons. The number of hydrogen-bond acceptors (Lipinski definition) is 5. The molecule has 2 heterocycles. The quantitative estimate of drug-likeness (QED) is 0.917. The van der Waals surface area contributed by atoms with Gasteiger partial charge in [-0.1, -0.05) is 0 Å². The highest BCUT2D eigenvalue weighted by molar-refractivity contribution is 7.12. The van der Waals surface area contributed by atoms with E-state index in [0.29, 0.717) is 11.3 Å². The molecule has 0 unspecified atom stereocenters. The van der Waals surface area contributed by atoms with Crippen LogP contribution in [0.1, 0.15) is 20.8 Å². The first-order chi connectivity index (χ1) is 8.61. The summed E-state index contributed by atoms with van der Waals surface area (Å²) in [4.78, 5) is 14.9. The van der Waals surface area contributed by atoms with Crippen LogP contribution in [0.3, 0.4) is 0 Å². The average Bonchev–Trinajstić information content (AvgIpc) is 2.78. The minimum Gasteiger partial charge on any atom is -0.477 e. The van der Waals surface area contributed by atoms with Crippen molar-refractivity contribution in [2.24, 2.45) is 0 Å². The molecule has 1 N–H and O–H groups in total. The van der Waals surface area contributed by atoms with Gasteiger partial charge in [0, 0.05) is 17.6 Å². The third-order valence-electron chi connectivity index (χ3n) is 2.24. The smallest absolute Gasteiger partial charge is 0.346 e. The molecule has 2 aromatic rings. The maximum absolute atomic E-state index is 10.7. The monoisotopic (exact) mass is 260 g/mol. The van der Waals surface area contributed by atoms with Gasteiger partial charge in [0.25, 0.3) is 0 Å². The first kappa shape index (κ1) is 12.1. The Hall–Kier alpha value is -2.39. The fourth-order valence-corrected chi connectivity index (χ4v) is 1.99. The number of nitriles is 1. The molecule has 0 atom stereocenters. The Labute approximate surface area is 107 Å². The summed E-state index contributed by atoms with van der Waals surface area (Å²) in [7, 11) is 0. The van der Waals surface area contributed by atoms with Crippen LogP contribution in [0.25, 0.3) is 0 Å². The van der Waals surface area contributed by atoms with Gasteiger partial charge in [0.05, 0.1) is 0 Å². The van der Waals surface area contributed by atoms with E-state index in [9.17, 15) is 4.79 Å². The van der Waals surface area contributed by atoms with Crippen molar-refractivity contribution in [3.8, 4) is 17.7 Å². The molecule has 5 nitrogen and oxygen atoms in total. The number of aromatic carboxylic acids is 1. The number of carboxylic acids is 1. The van der Waals surface area contributed by atoms with Gasteiger partial charge in [-0.05, 0) is 18.6 Å². The average molecular weight is 260 g/mol. The third kappa shape index (κ3) is 2.31. The summed E-state index contributed by atoms with van der Waals surface area (Å²) in [6.45, 7) is 1.78. The Bertz CT molecular complexity index is 643. The molecule has 2 aromatic heterocycles. The van der Waals surface area contributed by atoms with Crippen LogP contribution < -0.4 is 4.74 Å². The van der Waals surface area contributed by atoms with Gasteiger partial charge in [-0.15, -0.1) is 11.3 Å². The van der Waals surface area contributed by atoms with Crippen LogP contribution in [0, 0.1) is 18.3 Å². The summed E-state index contributed by atoms with van der Waals surface area (Å²) in [6.07, 6.45) is 1.54. The number of thiophene rings is 1. The SMILES string of the molecule is Cc1ccnc(Oc2csc(C(=O)O)c2)c1C#N. The molecule has 0 aromatic carbocycles. The lowest BCUT2D eigenvalue weighted by atomic mass is 10.2. The molecule has 0 radical (unpaired) electrons. The van der Waals surface area contributed by atoms with Gasteiger partial charge in [0.2, 0.25) is 5.88 Å². The largest absolute Gasteiger partial charge is 0.477 e. The highest BCUT2D eigenvalue weighted by atomic mass is 32.1. The number of carboxylic acid groups (broad SMARTS) is 1. The molecule has 0 saturated heterocycles. The van der Waals surface area contributed by atoms with Crippen molar-refractivity contribution < 1.29 is 14.6 Å². The lowest BCUT2D eigenvalue weighted by molar-refractivity contribution is 0.0702. The van der Waals surface area contributed by atoms with Crippen LogP contribution in [-0.2, 0) is 0 Å². The molecule has 0 fully saturated rings. The number of aryl methyl sites for hydroxylation is 1. The van der Waals surface area contributed by atoms with Gasteiger partial charge in [-0.3, -0.25) is 0 Å². The predicted molar refractivity (Wildman–Crippen MR) is 65.0 cm³/mol. The molecule has 6 heteroatoms. The molecule has 0 saturated carbocycles. The van der Waals surface area contributed by atoms with Crippen LogP contribution >= 0.6 is 11.3 Å². The first-order valence-corrected chi connectivity index (χ1v) is 5.85. The summed E-state index contributed by atoms with van der Waals surface area (Å²) in [5.41, 5.74) is 1.11. The molecule has 2 rings (SSSR count).